The largest absolute Gasteiger partial charge is 0.382 e. The fourth-order valence-electron chi connectivity index (χ4n) is 3.10. The molecule has 0 aliphatic carbocycles. The molecule has 19 heavy (non-hydrogen) atoms. The van der Waals surface area contributed by atoms with Crippen LogP contribution in [0.5, 0.6) is 0 Å². The lowest BCUT2D eigenvalue weighted by atomic mass is 9.99. The Bertz CT molecular complexity index is 495. The lowest BCUT2D eigenvalue weighted by Gasteiger charge is -2.33. The van der Waals surface area contributed by atoms with E-state index in [4.69, 9.17) is 0 Å². The Kier molecular flexibility index (Phi) is 4.11. The van der Waals surface area contributed by atoms with Crippen LogP contribution in [0.4, 0.5) is 5.69 Å². The lowest BCUT2D eigenvalue weighted by Crippen LogP contribution is -2.30. The van der Waals surface area contributed by atoms with Crippen LogP contribution in [-0.4, -0.2) is 17.4 Å². The lowest BCUT2D eigenvalue weighted by molar-refractivity contribution is 0.569. The van der Waals surface area contributed by atoms with Crippen LogP contribution >= 0.6 is 7.14 Å². The van der Waals surface area contributed by atoms with Crippen molar-refractivity contribution in [3.8, 4) is 0 Å². The highest BCUT2D eigenvalue weighted by molar-refractivity contribution is 7.73. The van der Waals surface area contributed by atoms with E-state index in [-0.39, 0.29) is 11.3 Å². The Morgan fingerprint density at radius 1 is 1.21 bits per heavy atom. The van der Waals surface area contributed by atoms with Gasteiger partial charge in [0.2, 0.25) is 0 Å². The number of nitrogens with one attached hydrogen (secondary N) is 1. The van der Waals surface area contributed by atoms with Gasteiger partial charge in [0.15, 0.2) is 0 Å². The van der Waals surface area contributed by atoms with E-state index in [1.54, 1.807) is 0 Å². The summed E-state index contributed by atoms with van der Waals surface area (Å²) in [4.78, 5) is 0. The van der Waals surface area contributed by atoms with E-state index in [0.29, 0.717) is 6.04 Å². The molecule has 0 spiro atoms. The summed E-state index contributed by atoms with van der Waals surface area (Å²) in [7, 11) is -2.36. The topological polar surface area (TPSA) is 29.1 Å². The molecule has 1 aliphatic rings. The predicted molar refractivity (Wildman–Crippen MR) is 85.4 cm³/mol. The van der Waals surface area contributed by atoms with Crippen molar-refractivity contribution in [2.45, 2.75) is 64.8 Å². The number of aryl methyl sites for hydroxylation is 1. The molecule has 2 rings (SSSR count). The molecule has 0 saturated carbocycles. The monoisotopic (exact) mass is 279 g/mol. The van der Waals surface area contributed by atoms with Crippen molar-refractivity contribution < 1.29 is 4.57 Å². The first-order valence-electron chi connectivity index (χ1n) is 7.35. The molecule has 1 N–H and O–H groups in total. The summed E-state index contributed by atoms with van der Waals surface area (Å²) in [6, 6.07) is 6.79. The molecule has 3 heteroatoms. The van der Waals surface area contributed by atoms with E-state index in [2.05, 4.69) is 58.1 Å². The van der Waals surface area contributed by atoms with Gasteiger partial charge in [0.1, 0.15) is 7.14 Å². The Morgan fingerprint density at radius 3 is 2.42 bits per heavy atom. The van der Waals surface area contributed by atoms with Crippen LogP contribution in [0.25, 0.3) is 0 Å². The summed E-state index contributed by atoms with van der Waals surface area (Å²) >= 11 is 0. The standard InChI is InChI=1S/C16H26NOP/c1-11(2)19(18,12(3)4)15-8-6-7-14-10-9-13(5)17-16(14)15/h6-8,11-13,17H,9-10H2,1-5H3. The average Bonchev–Trinajstić information content (AvgIpc) is 2.36. The molecule has 1 unspecified atom stereocenters. The Morgan fingerprint density at radius 2 is 1.84 bits per heavy atom. The van der Waals surface area contributed by atoms with Gasteiger partial charge in [-0.2, -0.15) is 0 Å². The van der Waals surface area contributed by atoms with Gasteiger partial charge in [0, 0.05) is 28.4 Å². The zero-order valence-corrected chi connectivity index (χ0v) is 13.6. The maximum atomic E-state index is 13.6. The number of rotatable bonds is 3. The number of hydrogen-bond acceptors (Lipinski definition) is 2. The van der Waals surface area contributed by atoms with Crippen molar-refractivity contribution in [1.82, 2.24) is 0 Å². The molecule has 2 nitrogen and oxygen atoms in total. The summed E-state index contributed by atoms with van der Waals surface area (Å²) in [5.41, 5.74) is 2.88. The van der Waals surface area contributed by atoms with Crippen LogP contribution in [0.3, 0.4) is 0 Å². The maximum Gasteiger partial charge on any atom is 0.122 e. The number of anilines is 1. The first-order valence-corrected chi connectivity index (χ1v) is 9.20. The van der Waals surface area contributed by atoms with Gasteiger partial charge >= 0.3 is 0 Å². The first kappa shape index (κ1) is 14.7. The van der Waals surface area contributed by atoms with Crippen LogP contribution in [-0.2, 0) is 11.0 Å². The van der Waals surface area contributed by atoms with E-state index in [9.17, 15) is 4.57 Å². The van der Waals surface area contributed by atoms with Crippen molar-refractivity contribution in [2.24, 2.45) is 0 Å². The normalized spacial score (nSPS) is 19.4. The van der Waals surface area contributed by atoms with Crippen LogP contribution in [0.15, 0.2) is 18.2 Å². The minimum Gasteiger partial charge on any atom is -0.382 e. The van der Waals surface area contributed by atoms with Crippen molar-refractivity contribution in [1.29, 1.82) is 0 Å². The summed E-state index contributed by atoms with van der Waals surface area (Å²) in [6.45, 7) is 10.6. The summed E-state index contributed by atoms with van der Waals surface area (Å²) in [6.07, 6.45) is 2.25. The smallest absolute Gasteiger partial charge is 0.122 e. The molecule has 0 aromatic heterocycles. The molecule has 1 atom stereocenters. The van der Waals surface area contributed by atoms with E-state index < -0.39 is 7.14 Å². The summed E-state index contributed by atoms with van der Waals surface area (Å²) in [5.74, 6) is 0. The molecule has 1 aromatic carbocycles. The molecule has 0 fully saturated rings. The quantitative estimate of drug-likeness (QED) is 0.839. The molecule has 0 radical (unpaired) electrons. The number of para-hydroxylation sites is 1. The first-order chi connectivity index (χ1) is 8.87. The summed E-state index contributed by atoms with van der Waals surface area (Å²) in [5, 5.41) is 4.64. The van der Waals surface area contributed by atoms with E-state index in [1.165, 1.54) is 5.56 Å². The van der Waals surface area contributed by atoms with Gasteiger partial charge in [0.25, 0.3) is 0 Å². The molecule has 1 aliphatic heterocycles. The Hall–Kier alpha value is -0.750. The van der Waals surface area contributed by atoms with E-state index in [0.717, 1.165) is 23.8 Å². The second-order valence-corrected chi connectivity index (χ2v) is 10.3. The van der Waals surface area contributed by atoms with E-state index in [1.807, 2.05) is 0 Å². The third-order valence-corrected chi connectivity index (χ3v) is 8.47. The third-order valence-electron chi connectivity index (χ3n) is 4.28. The molecular weight excluding hydrogens is 253 g/mol. The summed E-state index contributed by atoms with van der Waals surface area (Å²) < 4.78 is 13.6. The zero-order valence-electron chi connectivity index (χ0n) is 12.7. The van der Waals surface area contributed by atoms with Crippen molar-refractivity contribution >= 4 is 18.1 Å². The van der Waals surface area contributed by atoms with Gasteiger partial charge in [-0.1, -0.05) is 39.8 Å². The third kappa shape index (κ3) is 2.48. The van der Waals surface area contributed by atoms with Crippen LogP contribution in [0.2, 0.25) is 0 Å². The Labute approximate surface area is 117 Å². The van der Waals surface area contributed by atoms with Gasteiger partial charge in [-0.15, -0.1) is 0 Å². The molecule has 106 valence electrons. The fraction of sp³-hybridized carbons (Fsp3) is 0.625. The number of fused-ring (bicyclic) bond motifs is 1. The van der Waals surface area contributed by atoms with Gasteiger partial charge in [-0.25, -0.2) is 0 Å². The molecule has 1 aromatic rings. The second-order valence-electron chi connectivity index (χ2n) is 6.29. The van der Waals surface area contributed by atoms with Gasteiger partial charge in [0.05, 0.1) is 0 Å². The highest BCUT2D eigenvalue weighted by Crippen LogP contribution is 2.55. The SMILES string of the molecule is CC1CCc2cccc(P(=O)(C(C)C)C(C)C)c2N1. The van der Waals surface area contributed by atoms with Crippen LogP contribution in [0, 0.1) is 0 Å². The van der Waals surface area contributed by atoms with Crippen LogP contribution < -0.4 is 10.6 Å². The average molecular weight is 279 g/mol. The molecule has 0 amide bonds. The van der Waals surface area contributed by atoms with Crippen molar-refractivity contribution in [2.75, 3.05) is 5.32 Å². The number of benzene rings is 1. The number of hydrogen-bond donors (Lipinski definition) is 1. The minimum atomic E-state index is -2.36. The minimum absolute atomic E-state index is 0.193. The Balaban J connectivity index is 2.59. The molecular formula is C16H26NOP. The van der Waals surface area contributed by atoms with Gasteiger partial charge < -0.3 is 9.88 Å². The van der Waals surface area contributed by atoms with Gasteiger partial charge in [-0.3, -0.25) is 0 Å². The fourth-order valence-corrected chi connectivity index (χ4v) is 6.28. The molecule has 0 bridgehead atoms. The molecule has 1 heterocycles. The highest BCUT2D eigenvalue weighted by atomic mass is 31.2. The predicted octanol–water partition coefficient (Wildman–Crippen LogP) is 4.24. The maximum absolute atomic E-state index is 13.6. The molecule has 0 saturated heterocycles. The van der Waals surface area contributed by atoms with Crippen molar-refractivity contribution in [3.63, 3.8) is 0 Å². The van der Waals surface area contributed by atoms with Gasteiger partial charge in [-0.05, 0) is 31.4 Å². The highest BCUT2D eigenvalue weighted by Gasteiger charge is 2.35. The van der Waals surface area contributed by atoms with Crippen LogP contribution in [0.1, 0.15) is 46.6 Å². The second kappa shape index (κ2) is 5.32. The zero-order chi connectivity index (χ0) is 14.2. The van der Waals surface area contributed by atoms with E-state index >= 15 is 0 Å². The van der Waals surface area contributed by atoms with Crippen molar-refractivity contribution in [3.05, 3.63) is 23.8 Å².